The van der Waals surface area contributed by atoms with Gasteiger partial charge in [-0.2, -0.15) is 0 Å². The SMILES string of the molecule is CC(=O)OC1=C(CCBr)NC(c2nccs2)=NC1(C)c1ccc(F)cc1. The molecule has 1 unspecified atom stereocenters. The fraction of sp³-hybridized carbons (Fsp3) is 0.278. The van der Waals surface area contributed by atoms with Crippen molar-refractivity contribution < 1.29 is 13.9 Å². The van der Waals surface area contributed by atoms with Gasteiger partial charge in [0.1, 0.15) is 11.4 Å². The number of nitrogens with one attached hydrogen (secondary N) is 1. The second-order valence-electron chi connectivity index (χ2n) is 5.84. The number of alkyl halides is 1. The molecule has 0 radical (unpaired) electrons. The molecule has 136 valence electrons. The molecule has 1 aromatic heterocycles. The normalized spacial score (nSPS) is 19.8. The molecular formula is C18H17BrFN3O2S. The molecule has 26 heavy (non-hydrogen) atoms. The molecule has 0 saturated heterocycles. The van der Waals surface area contributed by atoms with Gasteiger partial charge in [0.15, 0.2) is 16.6 Å². The molecule has 5 nitrogen and oxygen atoms in total. The van der Waals surface area contributed by atoms with E-state index < -0.39 is 11.5 Å². The Morgan fingerprint density at radius 1 is 1.38 bits per heavy atom. The van der Waals surface area contributed by atoms with Crippen LogP contribution in [-0.4, -0.2) is 22.1 Å². The van der Waals surface area contributed by atoms with Crippen molar-refractivity contribution in [1.82, 2.24) is 10.3 Å². The molecule has 1 aliphatic heterocycles. The first-order chi connectivity index (χ1) is 12.4. The molecule has 0 fully saturated rings. The lowest BCUT2D eigenvalue weighted by atomic mass is 9.87. The van der Waals surface area contributed by atoms with Gasteiger partial charge in [-0.05, 0) is 24.6 Å². The molecule has 0 saturated carbocycles. The summed E-state index contributed by atoms with van der Waals surface area (Å²) in [5.74, 6) is 0.235. The van der Waals surface area contributed by atoms with Crippen LogP contribution in [0.25, 0.3) is 0 Å². The number of carbonyl (C=O) groups is 1. The summed E-state index contributed by atoms with van der Waals surface area (Å²) in [5, 5.41) is 6.51. The summed E-state index contributed by atoms with van der Waals surface area (Å²) in [4.78, 5) is 20.9. The van der Waals surface area contributed by atoms with Gasteiger partial charge in [-0.3, -0.25) is 4.79 Å². The third-order valence-corrected chi connectivity index (χ3v) is 5.13. The fourth-order valence-corrected chi connectivity index (χ4v) is 3.76. The molecule has 2 heterocycles. The Morgan fingerprint density at radius 3 is 2.69 bits per heavy atom. The Hall–Kier alpha value is -2.06. The number of ether oxygens (including phenoxy) is 1. The second-order valence-corrected chi connectivity index (χ2v) is 7.53. The van der Waals surface area contributed by atoms with Crippen LogP contribution in [0.2, 0.25) is 0 Å². The summed E-state index contributed by atoms with van der Waals surface area (Å²) in [6, 6.07) is 6.05. The van der Waals surface area contributed by atoms with Crippen LogP contribution in [0.5, 0.6) is 0 Å². The maximum Gasteiger partial charge on any atom is 0.307 e. The quantitative estimate of drug-likeness (QED) is 0.564. The van der Waals surface area contributed by atoms with E-state index in [1.54, 1.807) is 18.3 Å². The van der Waals surface area contributed by atoms with Crippen molar-refractivity contribution in [3.05, 3.63) is 63.7 Å². The minimum absolute atomic E-state index is 0.339. The summed E-state index contributed by atoms with van der Waals surface area (Å²) >= 11 is 4.89. The lowest BCUT2D eigenvalue weighted by Gasteiger charge is -2.34. The molecule has 1 atom stereocenters. The van der Waals surface area contributed by atoms with Crippen molar-refractivity contribution in [3.63, 3.8) is 0 Å². The zero-order valence-corrected chi connectivity index (χ0v) is 16.7. The Kier molecular flexibility index (Phi) is 5.52. The summed E-state index contributed by atoms with van der Waals surface area (Å²) in [6.45, 7) is 3.20. The van der Waals surface area contributed by atoms with Gasteiger partial charge in [0.2, 0.25) is 0 Å². The molecule has 2 aromatic rings. The Balaban J connectivity index is 2.18. The van der Waals surface area contributed by atoms with Crippen LogP contribution < -0.4 is 5.32 Å². The van der Waals surface area contributed by atoms with Crippen LogP contribution in [0, 0.1) is 5.82 Å². The van der Waals surface area contributed by atoms with Gasteiger partial charge in [0, 0.05) is 30.3 Å². The van der Waals surface area contributed by atoms with E-state index in [0.29, 0.717) is 23.3 Å². The fourth-order valence-electron chi connectivity index (χ4n) is 2.78. The minimum Gasteiger partial charge on any atom is -0.426 e. The molecule has 1 N–H and O–H groups in total. The van der Waals surface area contributed by atoms with Crippen molar-refractivity contribution in [1.29, 1.82) is 0 Å². The third-order valence-electron chi connectivity index (χ3n) is 3.95. The van der Waals surface area contributed by atoms with E-state index in [0.717, 1.165) is 16.3 Å². The Labute approximate surface area is 163 Å². The molecule has 0 aliphatic carbocycles. The lowest BCUT2D eigenvalue weighted by molar-refractivity contribution is -0.138. The van der Waals surface area contributed by atoms with Crippen molar-refractivity contribution in [2.45, 2.75) is 25.8 Å². The maximum atomic E-state index is 13.4. The van der Waals surface area contributed by atoms with E-state index in [4.69, 9.17) is 9.73 Å². The highest BCUT2D eigenvalue weighted by atomic mass is 79.9. The van der Waals surface area contributed by atoms with Crippen LogP contribution in [0.15, 0.2) is 52.3 Å². The number of halogens is 2. The molecule has 3 rings (SSSR count). The van der Waals surface area contributed by atoms with Crippen molar-refractivity contribution >= 4 is 39.1 Å². The van der Waals surface area contributed by atoms with E-state index in [-0.39, 0.29) is 5.82 Å². The van der Waals surface area contributed by atoms with Crippen LogP contribution in [0.3, 0.4) is 0 Å². The monoisotopic (exact) mass is 437 g/mol. The minimum atomic E-state index is -0.983. The number of aliphatic imine (C=N–C) groups is 1. The molecule has 0 amide bonds. The number of nitrogens with zero attached hydrogens (tertiary/aromatic N) is 2. The number of amidine groups is 1. The zero-order chi connectivity index (χ0) is 18.7. The van der Waals surface area contributed by atoms with Crippen molar-refractivity contribution in [3.8, 4) is 0 Å². The largest absolute Gasteiger partial charge is 0.426 e. The first-order valence-corrected chi connectivity index (χ1v) is 9.95. The van der Waals surface area contributed by atoms with Gasteiger partial charge in [-0.25, -0.2) is 14.4 Å². The predicted octanol–water partition coefficient (Wildman–Crippen LogP) is 4.11. The number of aromatic nitrogens is 1. The van der Waals surface area contributed by atoms with E-state index in [9.17, 15) is 9.18 Å². The molecular weight excluding hydrogens is 421 g/mol. The van der Waals surface area contributed by atoms with Gasteiger partial charge in [-0.15, -0.1) is 11.3 Å². The number of thiazole rings is 1. The number of hydrogen-bond acceptors (Lipinski definition) is 6. The second kappa shape index (κ2) is 7.67. The number of hydrogen-bond donors (Lipinski definition) is 1. The van der Waals surface area contributed by atoms with Gasteiger partial charge in [0.05, 0.1) is 5.70 Å². The molecule has 8 heteroatoms. The number of benzene rings is 1. The van der Waals surface area contributed by atoms with Crippen molar-refractivity contribution in [2.24, 2.45) is 4.99 Å². The average Bonchev–Trinajstić information content (AvgIpc) is 3.13. The van der Waals surface area contributed by atoms with Gasteiger partial charge < -0.3 is 10.1 Å². The summed E-state index contributed by atoms with van der Waals surface area (Å²) < 4.78 is 19.0. The highest BCUT2D eigenvalue weighted by Gasteiger charge is 2.40. The van der Waals surface area contributed by atoms with E-state index in [1.807, 2.05) is 12.3 Å². The van der Waals surface area contributed by atoms with Gasteiger partial charge in [0.25, 0.3) is 0 Å². The molecule has 1 aliphatic rings. The number of rotatable bonds is 5. The predicted molar refractivity (Wildman–Crippen MR) is 103 cm³/mol. The maximum absolute atomic E-state index is 13.4. The van der Waals surface area contributed by atoms with Crippen LogP contribution in [-0.2, 0) is 15.1 Å². The average molecular weight is 438 g/mol. The van der Waals surface area contributed by atoms with Crippen LogP contribution in [0.4, 0.5) is 4.39 Å². The summed E-state index contributed by atoms with van der Waals surface area (Å²) in [5.41, 5.74) is 0.477. The zero-order valence-electron chi connectivity index (χ0n) is 14.3. The standard InChI is InChI=1S/C18H17BrFN3O2S/c1-11(24)25-15-14(7-8-19)22-16(17-21-9-10-26-17)23-18(15,2)12-3-5-13(20)6-4-12/h3-6,9-10H,7-8H2,1-2H3,(H,22,23). The first kappa shape index (κ1) is 18.7. The van der Waals surface area contributed by atoms with Crippen LogP contribution >= 0.6 is 27.3 Å². The van der Waals surface area contributed by atoms with E-state index >= 15 is 0 Å². The lowest BCUT2D eigenvalue weighted by Crippen LogP contribution is -2.40. The number of esters is 1. The molecule has 0 spiro atoms. The van der Waals surface area contributed by atoms with E-state index in [1.165, 1.54) is 30.4 Å². The number of carbonyl (C=O) groups excluding carboxylic acids is 1. The first-order valence-electron chi connectivity index (χ1n) is 7.95. The van der Waals surface area contributed by atoms with Gasteiger partial charge in [-0.1, -0.05) is 28.1 Å². The van der Waals surface area contributed by atoms with Gasteiger partial charge >= 0.3 is 5.97 Å². The molecule has 0 bridgehead atoms. The highest BCUT2D eigenvalue weighted by molar-refractivity contribution is 9.09. The van der Waals surface area contributed by atoms with Crippen LogP contribution in [0.1, 0.15) is 30.8 Å². The highest BCUT2D eigenvalue weighted by Crippen LogP contribution is 2.39. The summed E-state index contributed by atoms with van der Waals surface area (Å²) in [6.07, 6.45) is 2.30. The van der Waals surface area contributed by atoms with E-state index in [2.05, 4.69) is 26.2 Å². The third kappa shape index (κ3) is 3.71. The summed E-state index contributed by atoms with van der Waals surface area (Å²) in [7, 11) is 0. The molecule has 1 aromatic carbocycles. The Morgan fingerprint density at radius 2 is 2.12 bits per heavy atom. The topological polar surface area (TPSA) is 63.6 Å². The smallest absolute Gasteiger partial charge is 0.307 e. The van der Waals surface area contributed by atoms with Crippen molar-refractivity contribution in [2.75, 3.05) is 5.33 Å². The Bertz CT molecular complexity index is 865. The number of allylic oxidation sites excluding steroid dienone is 1.